The van der Waals surface area contributed by atoms with Crippen LogP contribution in [0.4, 0.5) is 0 Å². The number of fused-ring (bicyclic) bond motifs is 1. The van der Waals surface area contributed by atoms with Gasteiger partial charge in [-0.2, -0.15) is 5.10 Å². The molecule has 0 fully saturated rings. The first-order chi connectivity index (χ1) is 11.1. The van der Waals surface area contributed by atoms with Crippen LogP contribution in [0, 0.1) is 13.8 Å². The summed E-state index contributed by atoms with van der Waals surface area (Å²) >= 11 is 1.43. The summed E-state index contributed by atoms with van der Waals surface area (Å²) in [6, 6.07) is 10.3. The normalized spacial score (nSPS) is 11.1. The summed E-state index contributed by atoms with van der Waals surface area (Å²) in [6.45, 7) is 7.00. The molecule has 0 bridgehead atoms. The number of nitrogens with zero attached hydrogens (tertiary/aromatic N) is 2. The molecule has 0 aliphatic carbocycles. The number of benzene rings is 1. The highest BCUT2D eigenvalue weighted by atomic mass is 32.1. The van der Waals surface area contributed by atoms with E-state index in [0.717, 1.165) is 15.9 Å². The van der Waals surface area contributed by atoms with Gasteiger partial charge in [0.1, 0.15) is 4.83 Å². The van der Waals surface area contributed by atoms with Crippen molar-refractivity contribution in [3.8, 4) is 0 Å². The summed E-state index contributed by atoms with van der Waals surface area (Å²) in [4.78, 5) is 18.6. The number of aromatic nitrogens is 2. The van der Waals surface area contributed by atoms with Gasteiger partial charge in [0.25, 0.3) is 5.91 Å². The second kappa shape index (κ2) is 6.52. The van der Waals surface area contributed by atoms with Crippen LogP contribution >= 0.6 is 11.3 Å². The summed E-state index contributed by atoms with van der Waals surface area (Å²) in [5, 5.41) is 5.61. The maximum absolute atomic E-state index is 12.0. The van der Waals surface area contributed by atoms with E-state index in [4.69, 9.17) is 4.84 Å². The largest absolute Gasteiger partial charge is 0.284 e. The molecule has 0 aliphatic rings. The topological polar surface area (TPSA) is 56.1 Å². The minimum atomic E-state index is -0.214. The number of hydrogen-bond donors (Lipinski definition) is 1. The maximum atomic E-state index is 12.0. The molecule has 0 spiro atoms. The fourth-order valence-corrected chi connectivity index (χ4v) is 3.43. The molecule has 0 radical (unpaired) electrons. The quantitative estimate of drug-likeness (QED) is 0.730. The van der Waals surface area contributed by atoms with Crippen molar-refractivity contribution in [1.82, 2.24) is 15.3 Å². The van der Waals surface area contributed by atoms with Gasteiger partial charge in [-0.05, 0) is 32.4 Å². The highest BCUT2D eigenvalue weighted by Crippen LogP contribution is 2.28. The van der Waals surface area contributed by atoms with Crippen LogP contribution in [0.3, 0.4) is 0 Å². The third kappa shape index (κ3) is 3.28. The molecule has 5 nitrogen and oxygen atoms in total. The van der Waals surface area contributed by atoms with Crippen molar-refractivity contribution in [2.45, 2.75) is 27.3 Å². The molecule has 1 N–H and O–H groups in total. The van der Waals surface area contributed by atoms with Crippen LogP contribution < -0.4 is 5.48 Å². The van der Waals surface area contributed by atoms with Crippen LogP contribution in [0.2, 0.25) is 0 Å². The molecule has 0 saturated heterocycles. The lowest BCUT2D eigenvalue weighted by atomic mass is 10.1. The zero-order valence-electron chi connectivity index (χ0n) is 13.4. The zero-order chi connectivity index (χ0) is 16.4. The average Bonchev–Trinajstić information content (AvgIpc) is 3.09. The van der Waals surface area contributed by atoms with Crippen molar-refractivity contribution in [3.05, 3.63) is 52.0 Å². The van der Waals surface area contributed by atoms with E-state index in [9.17, 15) is 4.79 Å². The van der Waals surface area contributed by atoms with Crippen molar-refractivity contribution < 1.29 is 9.63 Å². The Morgan fingerprint density at radius 1 is 1.30 bits per heavy atom. The fourth-order valence-electron chi connectivity index (χ4n) is 2.39. The molecular formula is C17H19N3O2S. The molecule has 0 unspecified atom stereocenters. The van der Waals surface area contributed by atoms with E-state index in [1.807, 2.05) is 24.6 Å². The molecule has 2 heterocycles. The molecule has 23 heavy (non-hydrogen) atoms. The molecule has 0 atom stereocenters. The Bertz CT molecular complexity index is 834. The second-order valence-corrected chi connectivity index (χ2v) is 6.45. The molecular weight excluding hydrogens is 310 g/mol. The predicted octanol–water partition coefficient (Wildman–Crippen LogP) is 3.44. The van der Waals surface area contributed by atoms with Crippen LogP contribution in [-0.2, 0) is 11.4 Å². The van der Waals surface area contributed by atoms with E-state index in [1.165, 1.54) is 22.5 Å². The molecule has 3 aromatic rings. The summed E-state index contributed by atoms with van der Waals surface area (Å²) in [5.41, 5.74) is 5.79. The van der Waals surface area contributed by atoms with Gasteiger partial charge < -0.3 is 0 Å². The van der Waals surface area contributed by atoms with E-state index < -0.39 is 0 Å². The standard InChI is InChI=1S/C17H19N3O2S/c1-4-22-19-16(21)15-9-14-12(3)18-20(17(14)23-15)10-13-7-5-11(2)6-8-13/h5-9H,4,10H2,1-3H3,(H,19,21). The number of carbonyl (C=O) groups excluding carboxylic acids is 1. The first-order valence-corrected chi connectivity index (χ1v) is 8.34. The number of hydrogen-bond acceptors (Lipinski definition) is 4. The Labute approximate surface area is 138 Å². The first kappa shape index (κ1) is 15.7. The van der Waals surface area contributed by atoms with Gasteiger partial charge in [-0.25, -0.2) is 5.48 Å². The van der Waals surface area contributed by atoms with Crippen molar-refractivity contribution in [2.75, 3.05) is 6.61 Å². The zero-order valence-corrected chi connectivity index (χ0v) is 14.2. The number of amides is 1. The molecule has 120 valence electrons. The Hall–Kier alpha value is -2.18. The van der Waals surface area contributed by atoms with E-state index >= 15 is 0 Å². The van der Waals surface area contributed by atoms with Crippen molar-refractivity contribution in [2.24, 2.45) is 0 Å². The Balaban J connectivity index is 1.90. The van der Waals surface area contributed by atoms with Gasteiger partial charge in [0.15, 0.2) is 0 Å². The monoisotopic (exact) mass is 329 g/mol. The van der Waals surface area contributed by atoms with Crippen LogP contribution in [0.15, 0.2) is 30.3 Å². The summed E-state index contributed by atoms with van der Waals surface area (Å²) in [7, 11) is 0. The minimum Gasteiger partial charge on any atom is -0.274 e. The first-order valence-electron chi connectivity index (χ1n) is 7.53. The maximum Gasteiger partial charge on any atom is 0.284 e. The van der Waals surface area contributed by atoms with Crippen LogP contribution in [0.1, 0.15) is 33.4 Å². The Morgan fingerprint density at radius 3 is 2.74 bits per heavy atom. The lowest BCUT2D eigenvalue weighted by Crippen LogP contribution is -2.22. The average molecular weight is 329 g/mol. The Morgan fingerprint density at radius 2 is 2.04 bits per heavy atom. The summed E-state index contributed by atoms with van der Waals surface area (Å²) < 4.78 is 1.96. The number of nitrogens with one attached hydrogen (secondary N) is 1. The highest BCUT2D eigenvalue weighted by Gasteiger charge is 2.16. The second-order valence-electron chi connectivity index (χ2n) is 5.42. The van der Waals surface area contributed by atoms with Gasteiger partial charge in [0, 0.05) is 5.39 Å². The highest BCUT2D eigenvalue weighted by molar-refractivity contribution is 7.20. The van der Waals surface area contributed by atoms with Gasteiger partial charge in [0.2, 0.25) is 0 Å². The Kier molecular flexibility index (Phi) is 4.45. The van der Waals surface area contributed by atoms with E-state index in [2.05, 4.69) is 41.8 Å². The van der Waals surface area contributed by atoms with Crippen LogP contribution in [0.25, 0.3) is 10.2 Å². The third-order valence-electron chi connectivity index (χ3n) is 3.59. The smallest absolute Gasteiger partial charge is 0.274 e. The van der Waals surface area contributed by atoms with Crippen molar-refractivity contribution >= 4 is 27.5 Å². The van der Waals surface area contributed by atoms with E-state index in [1.54, 1.807) is 0 Å². The van der Waals surface area contributed by atoms with E-state index in [-0.39, 0.29) is 5.91 Å². The lowest BCUT2D eigenvalue weighted by molar-refractivity contribution is 0.0368. The van der Waals surface area contributed by atoms with Crippen molar-refractivity contribution in [3.63, 3.8) is 0 Å². The number of rotatable bonds is 5. The number of hydroxylamine groups is 1. The number of carbonyl (C=O) groups is 1. The molecule has 6 heteroatoms. The summed E-state index contributed by atoms with van der Waals surface area (Å²) in [5.74, 6) is -0.214. The lowest BCUT2D eigenvalue weighted by Gasteiger charge is -2.03. The van der Waals surface area contributed by atoms with Gasteiger partial charge in [-0.15, -0.1) is 11.3 Å². The van der Waals surface area contributed by atoms with Crippen LogP contribution in [-0.4, -0.2) is 22.3 Å². The molecule has 3 rings (SSSR count). The number of thiophene rings is 1. The summed E-state index contributed by atoms with van der Waals surface area (Å²) in [6.07, 6.45) is 0. The molecule has 1 amide bonds. The molecule has 0 saturated carbocycles. The fraction of sp³-hybridized carbons (Fsp3) is 0.294. The minimum absolute atomic E-state index is 0.214. The SMILES string of the molecule is CCONC(=O)c1cc2c(C)nn(Cc3ccc(C)cc3)c2s1. The van der Waals surface area contributed by atoms with Crippen molar-refractivity contribution in [1.29, 1.82) is 0 Å². The number of aryl methyl sites for hydroxylation is 2. The molecule has 1 aromatic carbocycles. The third-order valence-corrected chi connectivity index (χ3v) is 4.74. The van der Waals surface area contributed by atoms with Crippen LogP contribution in [0.5, 0.6) is 0 Å². The van der Waals surface area contributed by atoms with Gasteiger partial charge >= 0.3 is 0 Å². The van der Waals surface area contributed by atoms with Gasteiger partial charge in [-0.1, -0.05) is 29.8 Å². The van der Waals surface area contributed by atoms with Gasteiger partial charge in [0.05, 0.1) is 23.7 Å². The molecule has 0 aliphatic heterocycles. The van der Waals surface area contributed by atoms with Gasteiger partial charge in [-0.3, -0.25) is 14.3 Å². The molecule has 2 aromatic heterocycles. The van der Waals surface area contributed by atoms with E-state index in [0.29, 0.717) is 18.0 Å². The predicted molar refractivity (Wildman–Crippen MR) is 91.7 cm³/mol.